The Labute approximate surface area is 167 Å². The van der Waals surface area contributed by atoms with Gasteiger partial charge in [0, 0.05) is 5.41 Å². The van der Waals surface area contributed by atoms with Gasteiger partial charge in [0.05, 0.1) is 17.4 Å². The number of ether oxygens (including phenoxy) is 2. The first-order chi connectivity index (χ1) is 12.7. The van der Waals surface area contributed by atoms with Gasteiger partial charge in [-0.3, -0.25) is 4.79 Å². The van der Waals surface area contributed by atoms with Crippen molar-refractivity contribution in [2.24, 2.45) is 0 Å². The fourth-order valence-electron chi connectivity index (χ4n) is 2.08. The van der Waals surface area contributed by atoms with Crippen LogP contribution in [0.5, 0.6) is 0 Å². The number of carbonyl (C=O) groups is 2. The first-order valence-electron chi connectivity index (χ1n) is 8.88. The van der Waals surface area contributed by atoms with Crippen LogP contribution in [0.4, 0.5) is 4.79 Å². The summed E-state index contributed by atoms with van der Waals surface area (Å²) in [5.41, 5.74) is -1.44. The van der Waals surface area contributed by atoms with Crippen LogP contribution < -0.4 is 5.32 Å². The third-order valence-electron chi connectivity index (χ3n) is 3.07. The van der Waals surface area contributed by atoms with E-state index >= 15 is 0 Å². The molecule has 1 atom stereocenters. The predicted molar refractivity (Wildman–Crippen MR) is 106 cm³/mol. The van der Waals surface area contributed by atoms with Gasteiger partial charge in [-0.05, 0) is 59.8 Å². The predicted octanol–water partition coefficient (Wildman–Crippen LogP) is 3.60. The maximum absolute atomic E-state index is 12.4. The molecule has 156 valence electrons. The molecule has 0 heterocycles. The minimum Gasteiger partial charge on any atom is -0.460 e. The molecular weight excluding hydrogens is 382 g/mol. The minimum atomic E-state index is -3.72. The van der Waals surface area contributed by atoms with E-state index in [4.69, 9.17) is 9.47 Å². The van der Waals surface area contributed by atoms with Crippen molar-refractivity contribution in [1.29, 1.82) is 0 Å². The second-order valence-electron chi connectivity index (χ2n) is 8.23. The van der Waals surface area contributed by atoms with Crippen molar-refractivity contribution < 1.29 is 27.5 Å². The molecule has 0 saturated carbocycles. The van der Waals surface area contributed by atoms with Gasteiger partial charge in [0.2, 0.25) is 0 Å². The SMILES string of the molecule is CC(C)(C)OC(=O)CC(C=CS(=O)(=O)c1ccccc1)NC(=O)OC(C)(C)C. The van der Waals surface area contributed by atoms with Crippen molar-refractivity contribution in [3.8, 4) is 0 Å². The Kier molecular flexibility index (Phi) is 7.81. The molecule has 1 rings (SSSR count). The number of amides is 1. The van der Waals surface area contributed by atoms with Gasteiger partial charge in [-0.2, -0.15) is 0 Å². The number of benzene rings is 1. The zero-order chi connectivity index (χ0) is 21.6. The van der Waals surface area contributed by atoms with Crippen molar-refractivity contribution in [1.82, 2.24) is 5.32 Å². The average molecular weight is 412 g/mol. The molecule has 0 saturated heterocycles. The van der Waals surface area contributed by atoms with E-state index in [0.717, 1.165) is 5.41 Å². The molecule has 0 fully saturated rings. The van der Waals surface area contributed by atoms with E-state index in [2.05, 4.69) is 5.32 Å². The molecule has 28 heavy (non-hydrogen) atoms. The smallest absolute Gasteiger partial charge is 0.408 e. The minimum absolute atomic E-state index is 0.111. The van der Waals surface area contributed by atoms with Crippen molar-refractivity contribution in [3.05, 3.63) is 41.8 Å². The molecule has 0 bridgehead atoms. The normalized spacial score (nSPS) is 13.8. The molecule has 8 heteroatoms. The lowest BCUT2D eigenvalue weighted by molar-refractivity contribution is -0.155. The number of hydrogen-bond donors (Lipinski definition) is 1. The molecule has 0 aliphatic carbocycles. The molecule has 0 radical (unpaired) electrons. The van der Waals surface area contributed by atoms with E-state index in [0.29, 0.717) is 0 Å². The molecule has 0 aliphatic heterocycles. The number of sulfone groups is 1. The van der Waals surface area contributed by atoms with Crippen LogP contribution in [0, 0.1) is 0 Å². The summed E-state index contributed by atoms with van der Waals surface area (Å²) in [5.74, 6) is -0.574. The number of nitrogens with one attached hydrogen (secondary N) is 1. The molecule has 1 amide bonds. The summed E-state index contributed by atoms with van der Waals surface area (Å²) in [6.07, 6.45) is 0.246. The zero-order valence-electron chi connectivity index (χ0n) is 17.2. The summed E-state index contributed by atoms with van der Waals surface area (Å²) < 4.78 is 35.3. The molecule has 0 aromatic heterocycles. The van der Waals surface area contributed by atoms with Gasteiger partial charge >= 0.3 is 12.1 Å². The maximum atomic E-state index is 12.4. The lowest BCUT2D eigenvalue weighted by Crippen LogP contribution is -2.40. The topological polar surface area (TPSA) is 98.8 Å². The number of hydrogen-bond acceptors (Lipinski definition) is 6. The highest BCUT2D eigenvalue weighted by Gasteiger charge is 2.23. The molecule has 0 spiro atoms. The molecule has 0 aliphatic rings. The Morgan fingerprint density at radius 1 is 1.00 bits per heavy atom. The third kappa shape index (κ3) is 9.55. The Morgan fingerprint density at radius 2 is 1.54 bits per heavy atom. The van der Waals surface area contributed by atoms with Gasteiger partial charge < -0.3 is 14.8 Å². The first-order valence-corrected chi connectivity index (χ1v) is 10.4. The van der Waals surface area contributed by atoms with Crippen LogP contribution in [0.3, 0.4) is 0 Å². The van der Waals surface area contributed by atoms with Gasteiger partial charge in [0.25, 0.3) is 0 Å². The van der Waals surface area contributed by atoms with E-state index < -0.39 is 39.1 Å². The van der Waals surface area contributed by atoms with Crippen molar-refractivity contribution >= 4 is 21.9 Å². The largest absolute Gasteiger partial charge is 0.460 e. The average Bonchev–Trinajstić information content (AvgIpc) is 2.50. The molecule has 1 N–H and O–H groups in total. The van der Waals surface area contributed by atoms with Crippen molar-refractivity contribution in [2.75, 3.05) is 0 Å². The summed E-state index contributed by atoms with van der Waals surface area (Å²) in [6, 6.07) is 6.93. The Balaban J connectivity index is 2.99. The van der Waals surface area contributed by atoms with Gasteiger partial charge in [-0.15, -0.1) is 0 Å². The third-order valence-corrected chi connectivity index (χ3v) is 4.52. The number of carbonyl (C=O) groups excluding carboxylic acids is 2. The molecule has 1 unspecified atom stereocenters. The van der Waals surface area contributed by atoms with E-state index in [1.54, 1.807) is 59.7 Å². The first kappa shape index (κ1) is 23.7. The monoisotopic (exact) mass is 411 g/mol. The van der Waals surface area contributed by atoms with Crippen LogP contribution in [0.1, 0.15) is 48.0 Å². The van der Waals surface area contributed by atoms with Crippen LogP contribution in [-0.2, 0) is 24.1 Å². The summed E-state index contributed by atoms with van der Waals surface area (Å²) in [5, 5.41) is 3.47. The van der Waals surface area contributed by atoms with Gasteiger partial charge in [0.15, 0.2) is 9.84 Å². The van der Waals surface area contributed by atoms with E-state index in [9.17, 15) is 18.0 Å². The second-order valence-corrected chi connectivity index (χ2v) is 10.1. The van der Waals surface area contributed by atoms with Crippen LogP contribution in [0.25, 0.3) is 0 Å². The fraction of sp³-hybridized carbons (Fsp3) is 0.500. The van der Waals surface area contributed by atoms with Crippen LogP contribution >= 0.6 is 0 Å². The van der Waals surface area contributed by atoms with Crippen molar-refractivity contribution in [2.45, 2.75) is 70.1 Å². The highest BCUT2D eigenvalue weighted by atomic mass is 32.2. The summed E-state index contributed by atoms with van der Waals surface area (Å²) in [6.45, 7) is 10.3. The highest BCUT2D eigenvalue weighted by molar-refractivity contribution is 7.94. The Hall–Kier alpha value is -2.35. The van der Waals surface area contributed by atoms with Crippen molar-refractivity contribution in [3.63, 3.8) is 0 Å². The fourth-order valence-corrected chi connectivity index (χ4v) is 3.17. The molecule has 1 aromatic rings. The van der Waals surface area contributed by atoms with Gasteiger partial charge in [0.1, 0.15) is 11.2 Å². The quantitative estimate of drug-likeness (QED) is 0.718. The van der Waals surface area contributed by atoms with E-state index in [1.807, 2.05) is 0 Å². The lowest BCUT2D eigenvalue weighted by atomic mass is 10.1. The Morgan fingerprint density at radius 3 is 2.04 bits per heavy atom. The number of rotatable bonds is 6. The zero-order valence-corrected chi connectivity index (χ0v) is 18.0. The second kappa shape index (κ2) is 9.23. The number of esters is 1. The maximum Gasteiger partial charge on any atom is 0.408 e. The molecular formula is C20H29NO6S. The van der Waals surface area contributed by atoms with Crippen LogP contribution in [0.15, 0.2) is 46.7 Å². The van der Waals surface area contributed by atoms with Crippen LogP contribution in [-0.4, -0.2) is 37.7 Å². The van der Waals surface area contributed by atoms with Crippen LogP contribution in [0.2, 0.25) is 0 Å². The highest BCUT2D eigenvalue weighted by Crippen LogP contribution is 2.14. The number of alkyl carbamates (subject to hydrolysis) is 1. The Bertz CT molecular complexity index is 771. The molecule has 1 aromatic carbocycles. The molecule has 7 nitrogen and oxygen atoms in total. The lowest BCUT2D eigenvalue weighted by Gasteiger charge is -2.23. The van der Waals surface area contributed by atoms with E-state index in [-0.39, 0.29) is 11.3 Å². The van der Waals surface area contributed by atoms with Gasteiger partial charge in [-0.1, -0.05) is 18.2 Å². The summed E-state index contributed by atoms with van der Waals surface area (Å²) in [4.78, 5) is 24.3. The summed E-state index contributed by atoms with van der Waals surface area (Å²) in [7, 11) is -3.72. The standard InChI is InChI=1S/C20H29NO6S/c1-19(2,3)26-17(22)14-15(21-18(23)27-20(4,5)6)12-13-28(24,25)16-10-8-7-9-11-16/h7-13,15H,14H2,1-6H3,(H,21,23). The summed E-state index contributed by atoms with van der Waals surface area (Å²) >= 11 is 0. The van der Waals surface area contributed by atoms with E-state index in [1.165, 1.54) is 18.2 Å². The van der Waals surface area contributed by atoms with Gasteiger partial charge in [-0.25, -0.2) is 13.2 Å².